The summed E-state index contributed by atoms with van der Waals surface area (Å²) >= 11 is 0. The van der Waals surface area contributed by atoms with Gasteiger partial charge in [0.1, 0.15) is 11.9 Å². The second-order valence-electron chi connectivity index (χ2n) is 7.38. The highest BCUT2D eigenvalue weighted by atomic mass is 19.1. The van der Waals surface area contributed by atoms with Crippen molar-refractivity contribution < 1.29 is 14.0 Å². The Morgan fingerprint density at radius 1 is 1.23 bits per heavy atom. The summed E-state index contributed by atoms with van der Waals surface area (Å²) in [5.41, 5.74) is 3.98. The molecule has 2 heterocycles. The number of hydrogen-bond acceptors (Lipinski definition) is 4. The van der Waals surface area contributed by atoms with E-state index < -0.39 is 0 Å². The molecule has 3 aliphatic rings. The molecule has 2 N–H and O–H groups in total. The fraction of sp³-hybridized carbons (Fsp3) is 0.579. The third-order valence-electron chi connectivity index (χ3n) is 5.98. The molecular weight excluding hydrogens is 335 g/mol. The first-order chi connectivity index (χ1) is 12.6. The van der Waals surface area contributed by atoms with E-state index in [9.17, 15) is 14.0 Å². The smallest absolute Gasteiger partial charge is 0.241 e. The molecule has 6 nitrogen and oxygen atoms in total. The molecule has 4 atom stereocenters. The van der Waals surface area contributed by atoms with E-state index in [0.717, 1.165) is 25.8 Å². The number of fused-ring (bicyclic) bond motifs is 3. The highest BCUT2D eigenvalue weighted by Gasteiger charge is 2.50. The predicted octanol–water partition coefficient (Wildman–Crippen LogP) is 1.74. The maximum Gasteiger partial charge on any atom is 0.241 e. The van der Waals surface area contributed by atoms with Gasteiger partial charge in [-0.15, -0.1) is 0 Å². The summed E-state index contributed by atoms with van der Waals surface area (Å²) in [6, 6.07) is 6.09. The maximum atomic E-state index is 13.0. The fourth-order valence-electron chi connectivity index (χ4n) is 4.72. The number of carbonyl (C=O) groups is 2. The Bertz CT molecular complexity index is 695. The maximum absolute atomic E-state index is 13.0. The molecule has 1 saturated carbocycles. The first-order valence-corrected chi connectivity index (χ1v) is 9.47. The van der Waals surface area contributed by atoms with Crippen LogP contribution in [0.1, 0.15) is 32.6 Å². The van der Waals surface area contributed by atoms with Gasteiger partial charge in [0, 0.05) is 36.8 Å². The first-order valence-electron chi connectivity index (χ1n) is 9.47. The molecule has 2 saturated heterocycles. The van der Waals surface area contributed by atoms with E-state index in [1.54, 1.807) is 12.1 Å². The number of amides is 2. The van der Waals surface area contributed by atoms with Crippen molar-refractivity contribution in [3.05, 3.63) is 30.1 Å². The number of anilines is 1. The van der Waals surface area contributed by atoms with Crippen molar-refractivity contribution in [3.8, 4) is 0 Å². The summed E-state index contributed by atoms with van der Waals surface area (Å²) in [5, 5.41) is 5.03. The molecule has 4 unspecified atom stereocenters. The van der Waals surface area contributed by atoms with Gasteiger partial charge in [0.15, 0.2) is 0 Å². The van der Waals surface area contributed by atoms with Crippen molar-refractivity contribution in [2.45, 2.75) is 50.7 Å². The Kier molecular flexibility index (Phi) is 4.67. The van der Waals surface area contributed by atoms with Gasteiger partial charge >= 0.3 is 0 Å². The molecule has 1 aliphatic carbocycles. The zero-order valence-electron chi connectivity index (χ0n) is 15.0. The van der Waals surface area contributed by atoms with Crippen LogP contribution >= 0.6 is 0 Å². The molecule has 0 spiro atoms. The van der Waals surface area contributed by atoms with E-state index in [-0.39, 0.29) is 41.7 Å². The van der Waals surface area contributed by atoms with Gasteiger partial charge < -0.3 is 10.2 Å². The highest BCUT2D eigenvalue weighted by Crippen LogP contribution is 2.37. The number of benzene rings is 1. The largest absolute Gasteiger partial charge is 0.337 e. The minimum absolute atomic E-state index is 0.0462. The van der Waals surface area contributed by atoms with Gasteiger partial charge in [-0.05, 0) is 56.9 Å². The van der Waals surface area contributed by atoms with Gasteiger partial charge in [0.2, 0.25) is 11.8 Å². The average molecular weight is 360 g/mol. The van der Waals surface area contributed by atoms with Gasteiger partial charge in [-0.25, -0.2) is 9.40 Å². The van der Waals surface area contributed by atoms with E-state index in [0.29, 0.717) is 18.7 Å². The lowest BCUT2D eigenvalue weighted by atomic mass is 9.78. The Labute approximate surface area is 152 Å². The van der Waals surface area contributed by atoms with Crippen LogP contribution in [-0.4, -0.2) is 52.9 Å². The van der Waals surface area contributed by atoms with E-state index in [1.165, 1.54) is 12.1 Å². The summed E-state index contributed by atoms with van der Waals surface area (Å²) < 4.78 is 13.0. The van der Waals surface area contributed by atoms with Crippen LogP contribution in [-0.2, 0) is 9.59 Å². The molecule has 0 aromatic heterocycles. The summed E-state index contributed by atoms with van der Waals surface area (Å²) in [6.45, 7) is 3.53. The van der Waals surface area contributed by atoms with Gasteiger partial charge in [0.25, 0.3) is 0 Å². The summed E-state index contributed by atoms with van der Waals surface area (Å²) in [6.07, 6.45) is 3.21. The number of piperazine rings is 1. The van der Waals surface area contributed by atoms with Crippen LogP contribution in [0.15, 0.2) is 24.3 Å². The molecule has 1 aromatic carbocycles. The summed E-state index contributed by atoms with van der Waals surface area (Å²) in [4.78, 5) is 27.5. The molecule has 1 aromatic rings. The Morgan fingerprint density at radius 3 is 2.73 bits per heavy atom. The van der Waals surface area contributed by atoms with Gasteiger partial charge in [-0.3, -0.25) is 15.0 Å². The van der Waals surface area contributed by atoms with Crippen LogP contribution in [0.5, 0.6) is 0 Å². The van der Waals surface area contributed by atoms with Crippen molar-refractivity contribution >= 4 is 17.5 Å². The van der Waals surface area contributed by atoms with E-state index in [4.69, 9.17) is 0 Å². The second-order valence-corrected chi connectivity index (χ2v) is 7.38. The van der Waals surface area contributed by atoms with E-state index in [1.807, 2.05) is 11.8 Å². The summed E-state index contributed by atoms with van der Waals surface area (Å²) in [7, 11) is 0. The topological polar surface area (TPSA) is 64.7 Å². The number of halogens is 1. The number of nitrogens with one attached hydrogen (secondary N) is 2. The molecule has 0 radical (unpaired) electrons. The zero-order chi connectivity index (χ0) is 18.3. The molecule has 26 heavy (non-hydrogen) atoms. The minimum atomic E-state index is -0.324. The number of rotatable bonds is 3. The van der Waals surface area contributed by atoms with Gasteiger partial charge in [-0.1, -0.05) is 0 Å². The highest BCUT2D eigenvalue weighted by molar-refractivity contribution is 5.92. The molecule has 2 amide bonds. The average Bonchev–Trinajstić information content (AvgIpc) is 3.14. The third-order valence-corrected chi connectivity index (χ3v) is 5.98. The number of likely N-dealkylation sites (N-methyl/N-ethyl adjacent to an activating group) is 1. The first kappa shape index (κ1) is 17.4. The zero-order valence-corrected chi connectivity index (χ0v) is 15.0. The van der Waals surface area contributed by atoms with Crippen LogP contribution in [0.2, 0.25) is 0 Å². The standard InChI is InChI=1S/C19H25FN4O2/c1-2-23-17-11-12(18(25)22-14-6-4-13(20)5-7-14)3-8-15(17)24-16(19(23)26)9-10-21-24/h4-7,12,15-17,21H,2-3,8-11H2,1H3,(H,22,25). The van der Waals surface area contributed by atoms with E-state index >= 15 is 0 Å². The van der Waals surface area contributed by atoms with Gasteiger partial charge in [-0.2, -0.15) is 0 Å². The van der Waals surface area contributed by atoms with Crippen molar-refractivity contribution in [1.82, 2.24) is 15.3 Å². The Morgan fingerprint density at radius 2 is 2.00 bits per heavy atom. The monoisotopic (exact) mass is 360 g/mol. The predicted molar refractivity (Wildman–Crippen MR) is 95.6 cm³/mol. The van der Waals surface area contributed by atoms with Crippen molar-refractivity contribution in [3.63, 3.8) is 0 Å². The Balaban J connectivity index is 1.47. The SMILES string of the molecule is CCN1C(=O)C2CCNN2C2CCC(C(=O)Nc3ccc(F)cc3)CC21. The number of nitrogens with zero attached hydrogens (tertiary/aromatic N) is 2. The molecule has 140 valence electrons. The van der Waals surface area contributed by atoms with Crippen LogP contribution in [0.25, 0.3) is 0 Å². The molecular formula is C19H25FN4O2. The molecule has 7 heteroatoms. The van der Waals surface area contributed by atoms with Crippen molar-refractivity contribution in [2.75, 3.05) is 18.4 Å². The number of carbonyl (C=O) groups excluding carboxylic acids is 2. The lowest BCUT2D eigenvalue weighted by Crippen LogP contribution is -2.68. The quantitative estimate of drug-likeness (QED) is 0.862. The third kappa shape index (κ3) is 2.99. The van der Waals surface area contributed by atoms with E-state index in [2.05, 4.69) is 15.8 Å². The van der Waals surface area contributed by atoms with Crippen LogP contribution < -0.4 is 10.7 Å². The van der Waals surface area contributed by atoms with Crippen LogP contribution in [0.4, 0.5) is 10.1 Å². The number of hydrazine groups is 1. The molecule has 4 rings (SSSR count). The molecule has 2 aliphatic heterocycles. The Hall–Kier alpha value is -1.99. The van der Waals surface area contributed by atoms with Crippen LogP contribution in [0, 0.1) is 11.7 Å². The normalized spacial score (nSPS) is 31.5. The fourth-order valence-corrected chi connectivity index (χ4v) is 4.72. The summed E-state index contributed by atoms with van der Waals surface area (Å²) in [5.74, 6) is -0.328. The van der Waals surface area contributed by atoms with Crippen molar-refractivity contribution in [2.24, 2.45) is 5.92 Å². The number of hydrogen-bond donors (Lipinski definition) is 2. The molecule has 3 fully saturated rings. The second kappa shape index (κ2) is 6.96. The molecule has 0 bridgehead atoms. The lowest BCUT2D eigenvalue weighted by Gasteiger charge is -2.51. The minimum Gasteiger partial charge on any atom is -0.337 e. The lowest BCUT2D eigenvalue weighted by molar-refractivity contribution is -0.155. The van der Waals surface area contributed by atoms with Crippen LogP contribution in [0.3, 0.4) is 0 Å². The van der Waals surface area contributed by atoms with Gasteiger partial charge in [0.05, 0.1) is 0 Å². The van der Waals surface area contributed by atoms with Crippen molar-refractivity contribution in [1.29, 1.82) is 0 Å².